The van der Waals surface area contributed by atoms with Gasteiger partial charge in [0, 0.05) is 18.7 Å². The number of carboxylic acid groups (broad SMARTS) is 1. The number of carbonyl (C=O) groups excluding carboxylic acids is 1. The lowest BCUT2D eigenvalue weighted by Crippen LogP contribution is -2.34. The first-order valence-corrected chi connectivity index (χ1v) is 8.95. The van der Waals surface area contributed by atoms with Crippen LogP contribution in [0.2, 0.25) is 0 Å². The van der Waals surface area contributed by atoms with E-state index in [4.69, 9.17) is 14.2 Å². The molecule has 1 aliphatic heterocycles. The SMILES string of the molecule is CCOc1cc(C(=O)N2CCC(C)(C(=O)O)C2)cc(OCC)c1OCC. The van der Waals surface area contributed by atoms with Crippen LogP contribution < -0.4 is 14.2 Å². The van der Waals surface area contributed by atoms with Crippen molar-refractivity contribution in [1.29, 1.82) is 0 Å². The van der Waals surface area contributed by atoms with Crippen molar-refractivity contribution in [3.05, 3.63) is 17.7 Å². The van der Waals surface area contributed by atoms with E-state index in [2.05, 4.69) is 0 Å². The van der Waals surface area contributed by atoms with Gasteiger partial charge >= 0.3 is 5.97 Å². The number of nitrogens with zero attached hydrogens (tertiary/aromatic N) is 1. The van der Waals surface area contributed by atoms with Gasteiger partial charge in [0.1, 0.15) is 0 Å². The maximum atomic E-state index is 12.9. The molecule has 7 heteroatoms. The van der Waals surface area contributed by atoms with Crippen LogP contribution in [0.15, 0.2) is 12.1 Å². The van der Waals surface area contributed by atoms with Gasteiger partial charge in [0.05, 0.1) is 25.2 Å². The predicted octanol–water partition coefficient (Wildman–Crippen LogP) is 2.82. The molecule has 144 valence electrons. The third kappa shape index (κ3) is 4.03. The smallest absolute Gasteiger partial charge is 0.311 e. The van der Waals surface area contributed by atoms with E-state index in [0.29, 0.717) is 55.6 Å². The third-order valence-electron chi connectivity index (χ3n) is 4.43. The molecule has 1 atom stereocenters. The van der Waals surface area contributed by atoms with Gasteiger partial charge in [-0.25, -0.2) is 0 Å². The van der Waals surface area contributed by atoms with Crippen molar-refractivity contribution in [2.75, 3.05) is 32.9 Å². The Hall–Kier alpha value is -2.44. The fourth-order valence-corrected chi connectivity index (χ4v) is 3.00. The van der Waals surface area contributed by atoms with Crippen LogP contribution in [0.25, 0.3) is 0 Å². The Morgan fingerprint density at radius 2 is 1.62 bits per heavy atom. The molecule has 1 aromatic rings. The van der Waals surface area contributed by atoms with E-state index < -0.39 is 11.4 Å². The largest absolute Gasteiger partial charge is 0.490 e. The molecule has 0 spiro atoms. The van der Waals surface area contributed by atoms with Gasteiger partial charge in [-0.3, -0.25) is 9.59 Å². The van der Waals surface area contributed by atoms with Gasteiger partial charge < -0.3 is 24.2 Å². The molecule has 1 N–H and O–H groups in total. The summed E-state index contributed by atoms with van der Waals surface area (Å²) >= 11 is 0. The Kier molecular flexibility index (Phi) is 6.34. The average molecular weight is 365 g/mol. The highest BCUT2D eigenvalue weighted by atomic mass is 16.5. The minimum absolute atomic E-state index is 0.183. The normalized spacial score (nSPS) is 19.3. The molecule has 26 heavy (non-hydrogen) atoms. The van der Waals surface area contributed by atoms with Crippen molar-refractivity contribution in [3.63, 3.8) is 0 Å². The molecular weight excluding hydrogens is 338 g/mol. The van der Waals surface area contributed by atoms with E-state index in [1.807, 2.05) is 20.8 Å². The second-order valence-corrected chi connectivity index (χ2v) is 6.44. The molecule has 0 aromatic heterocycles. The summed E-state index contributed by atoms with van der Waals surface area (Å²) in [5.41, 5.74) is -0.512. The first-order valence-electron chi connectivity index (χ1n) is 8.95. The predicted molar refractivity (Wildman–Crippen MR) is 96.2 cm³/mol. The van der Waals surface area contributed by atoms with Crippen molar-refractivity contribution in [1.82, 2.24) is 4.90 Å². The number of carboxylic acids is 1. The summed E-state index contributed by atoms with van der Waals surface area (Å²) in [6, 6.07) is 3.27. The van der Waals surface area contributed by atoms with E-state index in [-0.39, 0.29) is 12.5 Å². The van der Waals surface area contributed by atoms with Gasteiger partial charge in [-0.1, -0.05) is 0 Å². The molecule has 0 aliphatic carbocycles. The number of likely N-dealkylation sites (tertiary alicyclic amines) is 1. The average Bonchev–Trinajstić information content (AvgIpc) is 3.01. The molecule has 1 aliphatic rings. The Bertz CT molecular complexity index is 647. The second-order valence-electron chi connectivity index (χ2n) is 6.44. The topological polar surface area (TPSA) is 85.3 Å². The molecule has 1 fully saturated rings. The van der Waals surface area contributed by atoms with Crippen LogP contribution in [0.4, 0.5) is 0 Å². The minimum atomic E-state index is -0.910. The highest BCUT2D eigenvalue weighted by molar-refractivity contribution is 5.96. The number of benzene rings is 1. The Labute approximate surface area is 153 Å². The lowest BCUT2D eigenvalue weighted by molar-refractivity contribution is -0.147. The molecule has 1 amide bonds. The lowest BCUT2D eigenvalue weighted by Gasteiger charge is -2.22. The van der Waals surface area contributed by atoms with Crippen LogP contribution in [0, 0.1) is 5.41 Å². The first kappa shape index (κ1) is 19.9. The molecule has 0 bridgehead atoms. The van der Waals surface area contributed by atoms with Crippen molar-refractivity contribution < 1.29 is 28.9 Å². The number of ether oxygens (including phenoxy) is 3. The summed E-state index contributed by atoms with van der Waals surface area (Å²) < 4.78 is 16.9. The fourth-order valence-electron chi connectivity index (χ4n) is 3.00. The van der Waals surface area contributed by atoms with Crippen LogP contribution in [-0.4, -0.2) is 54.8 Å². The van der Waals surface area contributed by atoms with Gasteiger partial charge in [0.25, 0.3) is 5.91 Å². The second kappa shape index (κ2) is 8.29. The van der Waals surface area contributed by atoms with Crippen molar-refractivity contribution >= 4 is 11.9 Å². The number of rotatable bonds is 8. The maximum Gasteiger partial charge on any atom is 0.311 e. The number of aliphatic carboxylic acids is 1. The molecule has 7 nitrogen and oxygen atoms in total. The molecule has 1 heterocycles. The lowest BCUT2D eigenvalue weighted by atomic mass is 9.90. The Morgan fingerprint density at radius 3 is 2.04 bits per heavy atom. The zero-order valence-corrected chi connectivity index (χ0v) is 15.8. The van der Waals surface area contributed by atoms with Crippen LogP contribution in [0.5, 0.6) is 17.2 Å². The zero-order valence-electron chi connectivity index (χ0n) is 15.8. The molecule has 0 radical (unpaired) electrons. The summed E-state index contributed by atoms with van der Waals surface area (Å²) in [4.78, 5) is 25.9. The zero-order chi connectivity index (χ0) is 19.3. The minimum Gasteiger partial charge on any atom is -0.490 e. The molecule has 1 aromatic carbocycles. The van der Waals surface area contributed by atoms with E-state index >= 15 is 0 Å². The summed E-state index contributed by atoms with van der Waals surface area (Å²) in [7, 11) is 0. The van der Waals surface area contributed by atoms with Crippen molar-refractivity contribution in [2.24, 2.45) is 5.41 Å². The monoisotopic (exact) mass is 365 g/mol. The van der Waals surface area contributed by atoms with Gasteiger partial charge in [0.15, 0.2) is 11.5 Å². The van der Waals surface area contributed by atoms with Crippen LogP contribution in [-0.2, 0) is 4.79 Å². The van der Waals surface area contributed by atoms with Gasteiger partial charge in [0.2, 0.25) is 5.75 Å². The van der Waals surface area contributed by atoms with Crippen molar-refractivity contribution in [2.45, 2.75) is 34.1 Å². The molecule has 0 saturated carbocycles. The standard InChI is InChI=1S/C19H27NO6/c1-5-24-14-10-13(11-15(25-6-2)16(14)26-7-3)17(21)20-9-8-19(4,12-20)18(22)23/h10-11H,5-9,12H2,1-4H3,(H,22,23). The van der Waals surface area contributed by atoms with E-state index in [1.165, 1.54) is 0 Å². The summed E-state index contributed by atoms with van der Waals surface area (Å²) in [6.07, 6.45) is 0.432. The number of carbonyl (C=O) groups is 2. The number of hydrogen-bond donors (Lipinski definition) is 1. The first-order chi connectivity index (χ1) is 12.4. The van der Waals surface area contributed by atoms with E-state index in [9.17, 15) is 14.7 Å². The summed E-state index contributed by atoms with van der Waals surface area (Å²) in [5.74, 6) is 0.252. The number of hydrogen-bond acceptors (Lipinski definition) is 5. The number of amides is 1. The van der Waals surface area contributed by atoms with Crippen molar-refractivity contribution in [3.8, 4) is 17.2 Å². The highest BCUT2D eigenvalue weighted by Crippen LogP contribution is 2.40. The van der Waals surface area contributed by atoms with Gasteiger partial charge in [-0.15, -0.1) is 0 Å². The van der Waals surface area contributed by atoms with Crippen LogP contribution in [0.1, 0.15) is 44.5 Å². The van der Waals surface area contributed by atoms with Gasteiger partial charge in [-0.2, -0.15) is 0 Å². The Morgan fingerprint density at radius 1 is 1.08 bits per heavy atom. The molecular formula is C19H27NO6. The third-order valence-corrected chi connectivity index (χ3v) is 4.43. The fraction of sp³-hybridized carbons (Fsp3) is 0.579. The summed E-state index contributed by atoms with van der Waals surface area (Å²) in [5, 5.41) is 9.37. The molecule has 1 unspecified atom stereocenters. The van der Waals surface area contributed by atoms with Gasteiger partial charge in [-0.05, 0) is 46.2 Å². The quantitative estimate of drug-likeness (QED) is 0.762. The van der Waals surface area contributed by atoms with E-state index in [0.717, 1.165) is 0 Å². The highest BCUT2D eigenvalue weighted by Gasteiger charge is 2.42. The van der Waals surface area contributed by atoms with E-state index in [1.54, 1.807) is 24.0 Å². The van der Waals surface area contributed by atoms with Crippen LogP contribution >= 0.6 is 0 Å². The van der Waals surface area contributed by atoms with Crippen LogP contribution in [0.3, 0.4) is 0 Å². The summed E-state index contributed by atoms with van der Waals surface area (Å²) in [6.45, 7) is 9.10. The maximum absolute atomic E-state index is 12.9. The molecule has 1 saturated heterocycles. The molecule has 2 rings (SSSR count). The Balaban J connectivity index is 2.36.